The lowest BCUT2D eigenvalue weighted by molar-refractivity contribution is 0.0878. The van der Waals surface area contributed by atoms with Gasteiger partial charge in [-0.1, -0.05) is 0 Å². The van der Waals surface area contributed by atoms with Crippen LogP contribution >= 0.6 is 0 Å². The molecule has 17 heavy (non-hydrogen) atoms. The van der Waals surface area contributed by atoms with E-state index in [9.17, 15) is 19.8 Å². The molecule has 1 aromatic carbocycles. The third kappa shape index (κ3) is 1.06. The summed E-state index contributed by atoms with van der Waals surface area (Å²) in [7, 11) is 0. The topological polar surface area (TPSA) is 99.5 Å². The highest BCUT2D eigenvalue weighted by atomic mass is 16.3. The molecule has 6 nitrogen and oxygen atoms in total. The average molecular weight is 230 g/mol. The van der Waals surface area contributed by atoms with Crippen molar-refractivity contribution in [1.82, 2.24) is 10.3 Å². The summed E-state index contributed by atoms with van der Waals surface area (Å²) >= 11 is 0. The Kier molecular flexibility index (Phi) is 1.66. The normalized spacial score (nSPS) is 13.9. The van der Waals surface area contributed by atoms with Gasteiger partial charge in [0.2, 0.25) is 0 Å². The predicted molar refractivity (Wildman–Crippen MR) is 56.9 cm³/mol. The van der Waals surface area contributed by atoms with Gasteiger partial charge in [-0.15, -0.1) is 0 Å². The number of nitrogens with zero attached hydrogens (tertiary/aromatic N) is 1. The van der Waals surface area contributed by atoms with E-state index in [4.69, 9.17) is 0 Å². The number of pyridine rings is 1. The van der Waals surface area contributed by atoms with E-state index in [1.54, 1.807) is 6.07 Å². The number of fused-ring (bicyclic) bond motifs is 2. The van der Waals surface area contributed by atoms with Crippen molar-refractivity contribution in [3.63, 3.8) is 0 Å². The second kappa shape index (κ2) is 2.94. The Balaban J connectivity index is 2.57. The fraction of sp³-hybridized carbons (Fsp3) is 0. The van der Waals surface area contributed by atoms with Gasteiger partial charge in [0.05, 0.1) is 5.56 Å². The summed E-state index contributed by atoms with van der Waals surface area (Å²) in [5, 5.41) is 22.1. The number of carbonyl (C=O) groups is 2. The minimum Gasteiger partial charge on any atom is -0.506 e. The zero-order chi connectivity index (χ0) is 12.2. The zero-order valence-corrected chi connectivity index (χ0v) is 8.39. The molecule has 6 heteroatoms. The van der Waals surface area contributed by atoms with Crippen LogP contribution in [0, 0.1) is 0 Å². The molecule has 0 bridgehead atoms. The maximum Gasteiger partial charge on any atom is 0.262 e. The van der Waals surface area contributed by atoms with Gasteiger partial charge in [0, 0.05) is 11.6 Å². The van der Waals surface area contributed by atoms with Gasteiger partial charge in [-0.25, -0.2) is 0 Å². The molecule has 0 aliphatic carbocycles. The Morgan fingerprint density at radius 3 is 2.41 bits per heavy atom. The van der Waals surface area contributed by atoms with E-state index in [1.165, 1.54) is 12.3 Å². The van der Waals surface area contributed by atoms with Crippen molar-refractivity contribution in [3.8, 4) is 11.5 Å². The van der Waals surface area contributed by atoms with E-state index in [0.717, 1.165) is 0 Å². The third-order valence-electron chi connectivity index (χ3n) is 2.69. The molecule has 2 amide bonds. The molecule has 0 spiro atoms. The van der Waals surface area contributed by atoms with Gasteiger partial charge in [0.25, 0.3) is 11.8 Å². The molecular weight excluding hydrogens is 224 g/mol. The first-order chi connectivity index (χ1) is 8.11. The van der Waals surface area contributed by atoms with Crippen LogP contribution < -0.4 is 5.32 Å². The number of nitrogens with one attached hydrogen (secondary N) is 1. The first-order valence-corrected chi connectivity index (χ1v) is 4.79. The molecule has 3 rings (SSSR count). The molecule has 0 unspecified atom stereocenters. The van der Waals surface area contributed by atoms with Gasteiger partial charge < -0.3 is 10.2 Å². The number of benzene rings is 1. The summed E-state index contributed by atoms with van der Waals surface area (Å²) in [5.41, 5.74) is -0.333. The molecule has 0 radical (unpaired) electrons. The lowest BCUT2D eigenvalue weighted by Crippen LogP contribution is -2.19. The summed E-state index contributed by atoms with van der Waals surface area (Å²) < 4.78 is 0. The van der Waals surface area contributed by atoms with Crippen molar-refractivity contribution in [2.45, 2.75) is 0 Å². The molecule has 1 aliphatic rings. The van der Waals surface area contributed by atoms with Crippen molar-refractivity contribution in [2.24, 2.45) is 0 Å². The van der Waals surface area contributed by atoms with E-state index in [0.29, 0.717) is 0 Å². The summed E-state index contributed by atoms with van der Waals surface area (Å²) in [6.07, 6.45) is 1.42. The van der Waals surface area contributed by atoms with Crippen LogP contribution in [0.4, 0.5) is 0 Å². The lowest BCUT2D eigenvalue weighted by atomic mass is 10.0. The number of aromatic hydroxyl groups is 2. The van der Waals surface area contributed by atoms with Gasteiger partial charge in [-0.3, -0.25) is 19.9 Å². The SMILES string of the molecule is O=C1NC(=O)c2c1c(O)c1cccnc1c2O. The highest BCUT2D eigenvalue weighted by Gasteiger charge is 2.35. The number of hydrogen-bond acceptors (Lipinski definition) is 5. The van der Waals surface area contributed by atoms with Crippen LogP contribution in [0.3, 0.4) is 0 Å². The quantitative estimate of drug-likeness (QED) is 0.453. The Hall–Kier alpha value is -2.63. The summed E-state index contributed by atoms with van der Waals surface area (Å²) in [6.45, 7) is 0. The first kappa shape index (κ1) is 9.59. The van der Waals surface area contributed by atoms with Gasteiger partial charge in [0.15, 0.2) is 5.75 Å². The zero-order valence-electron chi connectivity index (χ0n) is 8.39. The highest BCUT2D eigenvalue weighted by Crippen LogP contribution is 2.40. The smallest absolute Gasteiger partial charge is 0.262 e. The van der Waals surface area contributed by atoms with Crippen LogP contribution in [0.15, 0.2) is 18.3 Å². The molecule has 2 aromatic rings. The summed E-state index contributed by atoms with van der Waals surface area (Å²) in [6, 6.07) is 3.07. The van der Waals surface area contributed by atoms with Crippen LogP contribution in [-0.2, 0) is 0 Å². The summed E-state index contributed by atoms with van der Waals surface area (Å²) in [4.78, 5) is 26.8. The van der Waals surface area contributed by atoms with Crippen molar-refractivity contribution in [2.75, 3.05) is 0 Å². The molecule has 84 valence electrons. The Morgan fingerprint density at radius 1 is 1.06 bits per heavy atom. The first-order valence-electron chi connectivity index (χ1n) is 4.79. The molecule has 1 aromatic heterocycles. The number of rotatable bonds is 0. The van der Waals surface area contributed by atoms with Crippen LogP contribution in [0.5, 0.6) is 11.5 Å². The van der Waals surface area contributed by atoms with Crippen LogP contribution in [0.1, 0.15) is 20.7 Å². The largest absolute Gasteiger partial charge is 0.506 e. The van der Waals surface area contributed by atoms with E-state index >= 15 is 0 Å². The predicted octanol–water partition coefficient (Wildman–Crippen LogP) is 0.530. The number of hydrogen-bond donors (Lipinski definition) is 3. The van der Waals surface area contributed by atoms with Crippen molar-refractivity contribution in [3.05, 3.63) is 29.5 Å². The monoisotopic (exact) mass is 230 g/mol. The van der Waals surface area contributed by atoms with Crippen molar-refractivity contribution < 1.29 is 19.8 Å². The minimum atomic E-state index is -0.731. The van der Waals surface area contributed by atoms with E-state index in [2.05, 4.69) is 4.98 Å². The number of phenolic OH excluding ortho intramolecular Hbond substituents is 2. The Bertz CT molecular complexity index is 635. The van der Waals surface area contributed by atoms with Crippen LogP contribution in [-0.4, -0.2) is 27.0 Å². The molecule has 0 fully saturated rings. The van der Waals surface area contributed by atoms with Gasteiger partial charge in [0.1, 0.15) is 16.8 Å². The molecule has 0 atom stereocenters. The number of carbonyl (C=O) groups excluding carboxylic acids is 2. The van der Waals surface area contributed by atoms with Crippen molar-refractivity contribution >= 4 is 22.7 Å². The van der Waals surface area contributed by atoms with Crippen LogP contribution in [0.2, 0.25) is 0 Å². The standard InChI is InChI=1S/C11H6N2O4/c14-8-4-2-1-3-12-7(4)9(15)6-5(8)10(16)13-11(6)17/h1-3,14-15H,(H,13,16,17). The molecule has 1 aliphatic heterocycles. The molecular formula is C11H6N2O4. The molecule has 3 N–H and O–H groups in total. The second-order valence-electron chi connectivity index (χ2n) is 3.63. The fourth-order valence-corrected chi connectivity index (χ4v) is 1.95. The fourth-order valence-electron chi connectivity index (χ4n) is 1.95. The summed E-state index contributed by atoms with van der Waals surface area (Å²) in [5.74, 6) is -2.19. The minimum absolute atomic E-state index is 0.0913. The third-order valence-corrected chi connectivity index (χ3v) is 2.69. The van der Waals surface area contributed by atoms with E-state index < -0.39 is 17.6 Å². The second-order valence-corrected chi connectivity index (χ2v) is 3.63. The molecule has 0 saturated heterocycles. The average Bonchev–Trinajstić information content (AvgIpc) is 2.62. The Morgan fingerprint density at radius 2 is 1.71 bits per heavy atom. The lowest BCUT2D eigenvalue weighted by Gasteiger charge is -2.06. The number of phenols is 2. The Labute approximate surface area is 94.5 Å². The maximum absolute atomic E-state index is 11.5. The highest BCUT2D eigenvalue weighted by molar-refractivity contribution is 6.26. The number of imide groups is 1. The maximum atomic E-state index is 11.5. The van der Waals surface area contributed by atoms with Gasteiger partial charge in [-0.05, 0) is 12.1 Å². The van der Waals surface area contributed by atoms with Gasteiger partial charge >= 0.3 is 0 Å². The van der Waals surface area contributed by atoms with E-state index in [-0.39, 0.29) is 27.8 Å². The van der Waals surface area contributed by atoms with E-state index in [1.807, 2.05) is 5.32 Å². The van der Waals surface area contributed by atoms with Crippen LogP contribution in [0.25, 0.3) is 10.9 Å². The number of amides is 2. The van der Waals surface area contributed by atoms with Crippen molar-refractivity contribution in [1.29, 1.82) is 0 Å². The molecule has 0 saturated carbocycles. The number of aromatic nitrogens is 1. The molecule has 2 heterocycles. The van der Waals surface area contributed by atoms with Gasteiger partial charge in [-0.2, -0.15) is 0 Å².